The summed E-state index contributed by atoms with van der Waals surface area (Å²) < 4.78 is 0. The summed E-state index contributed by atoms with van der Waals surface area (Å²) in [5, 5.41) is 21.3. The molecule has 0 unspecified atom stereocenters. The van der Waals surface area contributed by atoms with Crippen molar-refractivity contribution < 1.29 is 24.8 Å². The van der Waals surface area contributed by atoms with Crippen molar-refractivity contribution in [2.24, 2.45) is 0 Å². The minimum Gasteiger partial charge on any atom is -0.504 e. The quantitative estimate of drug-likeness (QED) is 0.0806. The topological polar surface area (TPSA) is 76.0 Å². The Hall–Kier alpha value is -1.75. The molecular weight excluding hydrogens is 464 g/mol. The number of carboxylic acids is 1. The lowest BCUT2D eigenvalue weighted by Gasteiger charge is -2.22. The first-order valence-electron chi connectivity index (χ1n) is 15.4. The molecule has 0 saturated carbocycles. The average molecular weight is 521 g/mol. The van der Waals surface area contributed by atoms with E-state index in [0.717, 1.165) is 100 Å². The van der Waals surface area contributed by atoms with Crippen LogP contribution in [0.5, 0.6) is 11.5 Å². The molecule has 0 radical (unpaired) electrons. The monoisotopic (exact) mass is 520 g/mol. The first kappa shape index (κ1) is 33.3. The molecule has 37 heavy (non-hydrogen) atoms. The smallest absolute Gasteiger partial charge is 0.339 e. The molecule has 2 N–H and O–H groups in total. The standard InChI is InChI=1S/C32H56O5/c1-5-9-13-14-15-16-17-21-25-36-37-31-28(24-20-12-8-4)26(22-18-10-6-2)27(23-19-11-7-3)29(30(31)33)32(34)35/h33H,5-25H2,1-4H3,(H,34,35). The number of aromatic hydroxyl groups is 1. The van der Waals surface area contributed by atoms with Crippen molar-refractivity contribution in [1.82, 2.24) is 0 Å². The Balaban J connectivity index is 3.12. The Morgan fingerprint density at radius 2 is 1.03 bits per heavy atom. The van der Waals surface area contributed by atoms with E-state index >= 15 is 0 Å². The zero-order chi connectivity index (χ0) is 27.3. The highest BCUT2D eigenvalue weighted by Crippen LogP contribution is 2.42. The largest absolute Gasteiger partial charge is 0.504 e. The number of hydrogen-bond donors (Lipinski definition) is 2. The predicted molar refractivity (Wildman–Crippen MR) is 154 cm³/mol. The summed E-state index contributed by atoms with van der Waals surface area (Å²) in [4.78, 5) is 23.7. The number of phenols is 1. The highest BCUT2D eigenvalue weighted by molar-refractivity contribution is 5.94. The van der Waals surface area contributed by atoms with Crippen LogP contribution in [-0.2, 0) is 24.2 Å². The van der Waals surface area contributed by atoms with Crippen LogP contribution in [0.4, 0.5) is 0 Å². The third-order valence-corrected chi connectivity index (χ3v) is 7.28. The van der Waals surface area contributed by atoms with Gasteiger partial charge in [-0.2, -0.15) is 4.89 Å². The highest BCUT2D eigenvalue weighted by Gasteiger charge is 2.28. The molecule has 1 aromatic carbocycles. The van der Waals surface area contributed by atoms with Gasteiger partial charge in [-0.3, -0.25) is 0 Å². The van der Waals surface area contributed by atoms with Gasteiger partial charge in [0.2, 0.25) is 5.75 Å². The lowest BCUT2D eigenvalue weighted by molar-refractivity contribution is -0.208. The average Bonchev–Trinajstić information content (AvgIpc) is 2.88. The Kier molecular flexibility index (Phi) is 19.1. The molecule has 5 heteroatoms. The van der Waals surface area contributed by atoms with Gasteiger partial charge < -0.3 is 15.1 Å². The molecule has 0 spiro atoms. The van der Waals surface area contributed by atoms with Crippen LogP contribution in [-0.4, -0.2) is 22.8 Å². The summed E-state index contributed by atoms with van der Waals surface area (Å²) >= 11 is 0. The second kappa shape index (κ2) is 21.2. The summed E-state index contributed by atoms with van der Waals surface area (Å²) in [5.41, 5.74) is 2.83. The van der Waals surface area contributed by atoms with E-state index in [-0.39, 0.29) is 17.1 Å². The van der Waals surface area contributed by atoms with E-state index in [9.17, 15) is 15.0 Å². The maximum absolute atomic E-state index is 12.4. The van der Waals surface area contributed by atoms with Gasteiger partial charge in [0, 0.05) is 5.56 Å². The van der Waals surface area contributed by atoms with Gasteiger partial charge in [-0.15, -0.1) is 0 Å². The lowest BCUT2D eigenvalue weighted by Crippen LogP contribution is -2.14. The molecule has 1 rings (SSSR count). The molecule has 0 fully saturated rings. The number of hydrogen-bond acceptors (Lipinski definition) is 4. The molecule has 0 aliphatic heterocycles. The number of carbonyl (C=O) groups is 1. The summed E-state index contributed by atoms with van der Waals surface area (Å²) in [6.45, 7) is 9.17. The van der Waals surface area contributed by atoms with E-state index in [1.54, 1.807) is 0 Å². The van der Waals surface area contributed by atoms with Gasteiger partial charge >= 0.3 is 5.97 Å². The van der Waals surface area contributed by atoms with Crippen molar-refractivity contribution in [2.75, 3.05) is 6.61 Å². The van der Waals surface area contributed by atoms with E-state index in [0.29, 0.717) is 13.0 Å². The molecule has 0 saturated heterocycles. The van der Waals surface area contributed by atoms with E-state index < -0.39 is 5.97 Å². The van der Waals surface area contributed by atoms with Crippen molar-refractivity contribution in [3.05, 3.63) is 22.3 Å². The number of unbranched alkanes of at least 4 members (excludes halogenated alkanes) is 13. The minimum absolute atomic E-state index is 0.00697. The van der Waals surface area contributed by atoms with Gasteiger partial charge in [-0.25, -0.2) is 4.79 Å². The van der Waals surface area contributed by atoms with Crippen molar-refractivity contribution >= 4 is 5.97 Å². The van der Waals surface area contributed by atoms with Crippen molar-refractivity contribution in [3.63, 3.8) is 0 Å². The van der Waals surface area contributed by atoms with Crippen LogP contribution in [0.1, 0.15) is 164 Å². The molecule has 0 aromatic heterocycles. The molecule has 1 aromatic rings. The highest BCUT2D eigenvalue weighted by atomic mass is 17.2. The fraction of sp³-hybridized carbons (Fsp3) is 0.781. The normalized spacial score (nSPS) is 11.2. The SMILES string of the molecule is CCCCCCCCCCOOc1c(O)c(C(=O)O)c(CCCCC)c(CCCCC)c1CCCCC. The zero-order valence-corrected chi connectivity index (χ0v) is 24.5. The van der Waals surface area contributed by atoms with E-state index in [4.69, 9.17) is 9.78 Å². The fourth-order valence-electron chi connectivity index (χ4n) is 5.08. The van der Waals surface area contributed by atoms with Gasteiger partial charge in [0.15, 0.2) is 5.75 Å². The Labute approximate surface area is 227 Å². The molecule has 0 amide bonds. The molecule has 0 bridgehead atoms. The van der Waals surface area contributed by atoms with Gasteiger partial charge in [-0.05, 0) is 56.1 Å². The molecule has 214 valence electrons. The molecule has 0 aliphatic carbocycles. The van der Waals surface area contributed by atoms with Crippen LogP contribution in [0, 0.1) is 0 Å². The second-order valence-corrected chi connectivity index (χ2v) is 10.5. The fourth-order valence-corrected chi connectivity index (χ4v) is 5.08. The maximum Gasteiger partial charge on any atom is 0.339 e. The Morgan fingerprint density at radius 1 is 0.595 bits per heavy atom. The van der Waals surface area contributed by atoms with Crippen LogP contribution in [0.2, 0.25) is 0 Å². The molecule has 0 heterocycles. The van der Waals surface area contributed by atoms with Crippen molar-refractivity contribution in [3.8, 4) is 11.5 Å². The first-order valence-corrected chi connectivity index (χ1v) is 15.4. The lowest BCUT2D eigenvalue weighted by atomic mass is 9.86. The van der Waals surface area contributed by atoms with Crippen LogP contribution in [0.25, 0.3) is 0 Å². The molecular formula is C32H56O5. The van der Waals surface area contributed by atoms with Crippen molar-refractivity contribution in [1.29, 1.82) is 0 Å². The zero-order valence-electron chi connectivity index (χ0n) is 24.5. The van der Waals surface area contributed by atoms with Crippen molar-refractivity contribution in [2.45, 2.75) is 156 Å². The van der Waals surface area contributed by atoms with Gasteiger partial charge in [0.25, 0.3) is 0 Å². The molecule has 0 aliphatic rings. The molecule has 0 atom stereocenters. The number of carboxylic acid groups (broad SMARTS) is 1. The van der Waals surface area contributed by atoms with E-state index in [1.165, 1.54) is 38.5 Å². The number of benzene rings is 1. The maximum atomic E-state index is 12.4. The van der Waals surface area contributed by atoms with Crippen LogP contribution < -0.4 is 4.89 Å². The summed E-state index contributed by atoms with van der Waals surface area (Å²) in [5.74, 6) is -1.12. The summed E-state index contributed by atoms with van der Waals surface area (Å²) in [7, 11) is 0. The van der Waals surface area contributed by atoms with Crippen LogP contribution >= 0.6 is 0 Å². The van der Waals surface area contributed by atoms with E-state index in [2.05, 4.69) is 27.7 Å². The van der Waals surface area contributed by atoms with Crippen LogP contribution in [0.15, 0.2) is 0 Å². The Morgan fingerprint density at radius 3 is 1.54 bits per heavy atom. The van der Waals surface area contributed by atoms with Gasteiger partial charge in [0.1, 0.15) is 5.56 Å². The Bertz CT molecular complexity index is 743. The minimum atomic E-state index is -1.09. The third-order valence-electron chi connectivity index (χ3n) is 7.28. The van der Waals surface area contributed by atoms with Gasteiger partial charge in [0.05, 0.1) is 6.61 Å². The second-order valence-electron chi connectivity index (χ2n) is 10.5. The van der Waals surface area contributed by atoms with Gasteiger partial charge in [-0.1, -0.05) is 111 Å². The summed E-state index contributed by atoms with van der Waals surface area (Å²) in [6.07, 6.45) is 21.2. The number of aromatic carboxylic acids is 1. The van der Waals surface area contributed by atoms with Crippen LogP contribution in [0.3, 0.4) is 0 Å². The van der Waals surface area contributed by atoms with E-state index in [1.807, 2.05) is 0 Å². The summed E-state index contributed by atoms with van der Waals surface area (Å²) in [6, 6.07) is 0. The molecule has 5 nitrogen and oxygen atoms in total. The first-order chi connectivity index (χ1) is 18.0. The number of rotatable bonds is 24. The predicted octanol–water partition coefficient (Wildman–Crippen LogP) is 9.74. The third kappa shape index (κ3) is 12.6.